The Labute approximate surface area is 284 Å². The third kappa shape index (κ3) is 7.89. The summed E-state index contributed by atoms with van der Waals surface area (Å²) in [4.78, 5) is 51.2. The van der Waals surface area contributed by atoms with Crippen LogP contribution in [0.1, 0.15) is 54.4 Å². The van der Waals surface area contributed by atoms with Crippen LogP contribution in [-0.4, -0.2) is 132 Å². The number of likely N-dealkylation sites (tertiary alicyclic amines) is 2. The van der Waals surface area contributed by atoms with Crippen LogP contribution in [0.4, 0.5) is 15.3 Å². The van der Waals surface area contributed by atoms with E-state index in [1.54, 1.807) is 4.90 Å². The number of urea groups is 1. The van der Waals surface area contributed by atoms with Gasteiger partial charge >= 0.3 is 12.1 Å². The lowest BCUT2D eigenvalue weighted by Crippen LogP contribution is -2.52. The second kappa shape index (κ2) is 15.2. The van der Waals surface area contributed by atoms with Gasteiger partial charge in [0.25, 0.3) is 5.91 Å². The molecule has 2 aromatic carbocycles. The van der Waals surface area contributed by atoms with E-state index in [-0.39, 0.29) is 30.2 Å². The summed E-state index contributed by atoms with van der Waals surface area (Å²) < 4.78 is 6.08. The predicted octanol–water partition coefficient (Wildman–Crippen LogP) is 4.24. The Kier molecular flexibility index (Phi) is 10.8. The number of hydrogen-bond acceptors (Lipinski definition) is 7. The first-order valence-corrected chi connectivity index (χ1v) is 17.8. The highest BCUT2D eigenvalue weighted by atomic mass is 16.6. The molecule has 0 aromatic heterocycles. The molecule has 48 heavy (non-hydrogen) atoms. The van der Waals surface area contributed by atoms with Crippen molar-refractivity contribution in [2.45, 2.75) is 77.0 Å². The standard InChI is InChI=1S/C37H52N6O5/c1-26-23-28(24-27(2)34(26)44)25-33(35(45)41-16-10-30(11-17-41)40-15-6-14-39(3)21-22-40)48-37(47)42-18-12-31(13-19-42)43-20-9-29-7-4-5-8-32(29)38-36(43)46/h4-5,7-8,23-24,30-31,33,44H,6,9-22,25H2,1-3H3,(H,38,46)/t33-/m1/s1. The van der Waals surface area contributed by atoms with Gasteiger partial charge in [-0.25, -0.2) is 9.59 Å². The van der Waals surface area contributed by atoms with Crippen molar-refractivity contribution < 1.29 is 24.2 Å². The maximum absolute atomic E-state index is 14.1. The first-order chi connectivity index (χ1) is 23.2. The quantitative estimate of drug-likeness (QED) is 0.477. The third-order valence-corrected chi connectivity index (χ3v) is 10.8. The van der Waals surface area contributed by atoms with Gasteiger partial charge in [-0.2, -0.15) is 0 Å². The lowest BCUT2D eigenvalue weighted by molar-refractivity contribution is -0.142. The third-order valence-electron chi connectivity index (χ3n) is 10.8. The van der Waals surface area contributed by atoms with Gasteiger partial charge in [-0.15, -0.1) is 0 Å². The average molecular weight is 661 g/mol. The molecule has 0 spiro atoms. The van der Waals surface area contributed by atoms with E-state index in [4.69, 9.17) is 4.74 Å². The van der Waals surface area contributed by atoms with Gasteiger partial charge in [-0.05, 0) is 101 Å². The number of carbonyl (C=O) groups excluding carboxylic acids is 3. The van der Waals surface area contributed by atoms with E-state index >= 15 is 0 Å². The first kappa shape index (κ1) is 34.0. The van der Waals surface area contributed by atoms with Gasteiger partial charge in [0.1, 0.15) is 5.75 Å². The van der Waals surface area contributed by atoms with Crippen LogP contribution in [0.3, 0.4) is 0 Å². The first-order valence-electron chi connectivity index (χ1n) is 17.8. The van der Waals surface area contributed by atoms with Crippen molar-refractivity contribution in [3.05, 3.63) is 58.7 Å². The van der Waals surface area contributed by atoms with Crippen LogP contribution in [0.5, 0.6) is 5.75 Å². The number of piperidine rings is 2. The molecule has 2 N–H and O–H groups in total. The van der Waals surface area contributed by atoms with Crippen LogP contribution in [-0.2, 0) is 22.4 Å². The number of likely N-dealkylation sites (N-methyl/N-ethyl adjacent to an activating group) is 1. The van der Waals surface area contributed by atoms with Crippen molar-refractivity contribution >= 4 is 23.7 Å². The Morgan fingerprint density at radius 3 is 2.27 bits per heavy atom. The molecule has 11 heteroatoms. The van der Waals surface area contributed by atoms with E-state index in [1.165, 1.54) is 0 Å². The van der Waals surface area contributed by atoms with Gasteiger partial charge in [-0.1, -0.05) is 30.3 Å². The van der Waals surface area contributed by atoms with Gasteiger partial charge in [0.05, 0.1) is 0 Å². The fourth-order valence-corrected chi connectivity index (χ4v) is 7.94. The Bertz CT molecular complexity index is 1440. The van der Waals surface area contributed by atoms with E-state index in [9.17, 15) is 19.5 Å². The molecule has 4 heterocycles. The highest BCUT2D eigenvalue weighted by molar-refractivity contribution is 5.91. The van der Waals surface area contributed by atoms with Crippen LogP contribution in [0.2, 0.25) is 0 Å². The number of ether oxygens (including phenoxy) is 1. The number of phenolic OH excluding ortho intramolecular Hbond substituents is 1. The molecule has 0 aliphatic carbocycles. The summed E-state index contributed by atoms with van der Waals surface area (Å²) in [6.07, 6.45) is 3.86. The van der Waals surface area contributed by atoms with Crippen LogP contribution in [0.15, 0.2) is 36.4 Å². The molecule has 3 saturated heterocycles. The molecule has 6 rings (SSSR count). The zero-order chi connectivity index (χ0) is 33.8. The smallest absolute Gasteiger partial charge is 0.410 e. The fraction of sp³-hybridized carbons (Fsp3) is 0.595. The second-order valence-electron chi connectivity index (χ2n) is 14.2. The van der Waals surface area contributed by atoms with E-state index in [0.29, 0.717) is 51.6 Å². The summed E-state index contributed by atoms with van der Waals surface area (Å²) in [6.45, 7) is 10.8. The SMILES string of the molecule is Cc1cc(C[C@@H](OC(=O)N2CCC(N3CCc4ccccc4NC3=O)CC2)C(=O)N2CCC(N3CCCN(C)CC3)CC2)cc(C)c1O. The van der Waals surface area contributed by atoms with Gasteiger partial charge in [0, 0.05) is 70.0 Å². The molecule has 11 nitrogen and oxygen atoms in total. The molecular formula is C37H52N6O5. The summed E-state index contributed by atoms with van der Waals surface area (Å²) in [6, 6.07) is 12.0. The normalized spacial score (nSPS) is 21.2. The number of benzene rings is 2. The van der Waals surface area contributed by atoms with Crippen molar-refractivity contribution in [1.82, 2.24) is 24.5 Å². The van der Waals surface area contributed by atoms with Gasteiger partial charge in [0.2, 0.25) is 0 Å². The molecule has 0 unspecified atom stereocenters. The number of nitrogens with one attached hydrogen (secondary N) is 1. The van der Waals surface area contributed by atoms with Crippen molar-refractivity contribution in [2.24, 2.45) is 0 Å². The van der Waals surface area contributed by atoms with Gasteiger partial charge in [-0.3, -0.25) is 9.69 Å². The Morgan fingerprint density at radius 1 is 0.875 bits per heavy atom. The van der Waals surface area contributed by atoms with Crippen molar-refractivity contribution in [3.63, 3.8) is 0 Å². The monoisotopic (exact) mass is 660 g/mol. The van der Waals surface area contributed by atoms with Crippen LogP contribution in [0.25, 0.3) is 0 Å². The molecule has 0 radical (unpaired) electrons. The number of para-hydroxylation sites is 1. The number of rotatable bonds is 6. The number of carbonyl (C=O) groups is 3. The highest BCUT2D eigenvalue weighted by Crippen LogP contribution is 2.27. The van der Waals surface area contributed by atoms with Crippen LogP contribution in [0, 0.1) is 13.8 Å². The summed E-state index contributed by atoms with van der Waals surface area (Å²) in [5.41, 5.74) is 4.30. The zero-order valence-corrected chi connectivity index (χ0v) is 28.8. The number of aromatic hydroxyl groups is 1. The minimum Gasteiger partial charge on any atom is -0.507 e. The second-order valence-corrected chi connectivity index (χ2v) is 14.2. The lowest BCUT2D eigenvalue weighted by Gasteiger charge is -2.40. The predicted molar refractivity (Wildman–Crippen MR) is 185 cm³/mol. The van der Waals surface area contributed by atoms with E-state index in [1.807, 2.05) is 60.0 Å². The molecule has 2 aromatic rings. The Hall–Kier alpha value is -3.83. The molecular weight excluding hydrogens is 608 g/mol. The molecule has 0 bridgehead atoms. The highest BCUT2D eigenvalue weighted by Gasteiger charge is 2.36. The number of hydrogen-bond donors (Lipinski definition) is 2. The molecule has 4 aliphatic rings. The van der Waals surface area contributed by atoms with Gasteiger partial charge < -0.3 is 34.8 Å². The van der Waals surface area contributed by atoms with Crippen LogP contribution >= 0.6 is 0 Å². The summed E-state index contributed by atoms with van der Waals surface area (Å²) in [7, 11) is 2.18. The van der Waals surface area contributed by atoms with Crippen molar-refractivity contribution in [1.29, 1.82) is 0 Å². The molecule has 3 fully saturated rings. The van der Waals surface area contributed by atoms with E-state index in [2.05, 4.69) is 22.2 Å². The van der Waals surface area contributed by atoms with Crippen molar-refractivity contribution in [2.75, 3.05) is 71.3 Å². The number of aryl methyl sites for hydroxylation is 2. The Morgan fingerprint density at radius 2 is 1.54 bits per heavy atom. The van der Waals surface area contributed by atoms with Gasteiger partial charge in [0.15, 0.2) is 6.10 Å². The number of fused-ring (bicyclic) bond motifs is 1. The van der Waals surface area contributed by atoms with E-state index in [0.717, 1.165) is 79.8 Å². The molecule has 4 amide bonds. The zero-order valence-electron chi connectivity index (χ0n) is 28.8. The largest absolute Gasteiger partial charge is 0.507 e. The number of phenols is 1. The molecule has 1 atom stereocenters. The van der Waals surface area contributed by atoms with Crippen LogP contribution < -0.4 is 5.32 Å². The average Bonchev–Trinajstić information content (AvgIpc) is 3.41. The summed E-state index contributed by atoms with van der Waals surface area (Å²) >= 11 is 0. The minimum absolute atomic E-state index is 0.0228. The number of anilines is 1. The van der Waals surface area contributed by atoms with E-state index < -0.39 is 12.2 Å². The molecule has 4 aliphatic heterocycles. The molecule has 0 saturated carbocycles. The molecule has 260 valence electrons. The Balaban J connectivity index is 1.08. The topological polar surface area (TPSA) is 109 Å². The van der Waals surface area contributed by atoms with Crippen molar-refractivity contribution in [3.8, 4) is 5.75 Å². The fourth-order valence-electron chi connectivity index (χ4n) is 7.94. The maximum Gasteiger partial charge on any atom is 0.410 e. The lowest BCUT2D eigenvalue weighted by atomic mass is 9.99. The summed E-state index contributed by atoms with van der Waals surface area (Å²) in [5.74, 6) is 0.0849. The minimum atomic E-state index is -0.961. The summed E-state index contributed by atoms with van der Waals surface area (Å²) in [5, 5.41) is 13.4. The number of amides is 4. The maximum atomic E-state index is 14.1. The number of nitrogens with zero attached hydrogens (tertiary/aromatic N) is 5.